The Morgan fingerprint density at radius 1 is 0.857 bits per heavy atom. The van der Waals surface area contributed by atoms with Crippen LogP contribution >= 0.6 is 22.9 Å². The largest absolute Gasteiger partial charge is 0.457 e. The molecule has 1 aliphatic rings. The van der Waals surface area contributed by atoms with Crippen molar-refractivity contribution in [2.75, 3.05) is 0 Å². The van der Waals surface area contributed by atoms with Crippen LogP contribution in [-0.2, 0) is 23.1 Å². The molecule has 0 aliphatic carbocycles. The van der Waals surface area contributed by atoms with Gasteiger partial charge >= 0.3 is 0 Å². The van der Waals surface area contributed by atoms with Crippen LogP contribution in [-0.4, -0.2) is 5.91 Å². The predicted octanol–water partition coefficient (Wildman–Crippen LogP) is 7.80. The zero-order valence-electron chi connectivity index (χ0n) is 19.8. The van der Waals surface area contributed by atoms with Gasteiger partial charge in [-0.05, 0) is 60.1 Å². The summed E-state index contributed by atoms with van der Waals surface area (Å²) >= 11 is 1.97. The smallest absolute Gasteiger partial charge is 0.244 e. The average molecular weight is 573 g/mol. The monoisotopic (exact) mass is 573 g/mol. The quantitative estimate of drug-likeness (QED) is 0.181. The van der Waals surface area contributed by atoms with Crippen molar-refractivity contribution in [1.82, 2.24) is 3.53 Å². The number of aryl methyl sites for hydroxylation is 2. The van der Waals surface area contributed by atoms with Crippen molar-refractivity contribution >= 4 is 28.8 Å². The standard InChI is InChI=1S/C31H28INO2/c1-2-22-11-9-13-24(21-22)25-15-4-3-12-23(25)14-10-20-31(30(34)33-32)26-16-5-7-18-28(26)35-29-19-8-6-17-27(29)31/h3-9,11-13,15-19,21H,2,10,14,20H2,1H3,(H,33,34). The summed E-state index contributed by atoms with van der Waals surface area (Å²) in [6.45, 7) is 2.19. The van der Waals surface area contributed by atoms with Gasteiger partial charge in [-0.25, -0.2) is 0 Å². The van der Waals surface area contributed by atoms with Crippen molar-refractivity contribution < 1.29 is 9.53 Å². The molecule has 5 rings (SSSR count). The van der Waals surface area contributed by atoms with Gasteiger partial charge in [-0.15, -0.1) is 0 Å². The van der Waals surface area contributed by atoms with Crippen molar-refractivity contribution in [3.63, 3.8) is 0 Å². The number of rotatable bonds is 7. The van der Waals surface area contributed by atoms with Gasteiger partial charge < -0.3 is 4.74 Å². The average Bonchev–Trinajstić information content (AvgIpc) is 2.92. The molecular formula is C31H28INO2. The van der Waals surface area contributed by atoms with Crippen LogP contribution in [0.2, 0.25) is 0 Å². The van der Waals surface area contributed by atoms with Gasteiger partial charge in [0.1, 0.15) is 16.9 Å². The van der Waals surface area contributed by atoms with Gasteiger partial charge in [0.15, 0.2) is 0 Å². The zero-order valence-corrected chi connectivity index (χ0v) is 21.9. The number of nitrogens with one attached hydrogen (secondary N) is 1. The van der Waals surface area contributed by atoms with Crippen LogP contribution in [0.1, 0.15) is 42.0 Å². The molecule has 0 bridgehead atoms. The minimum Gasteiger partial charge on any atom is -0.457 e. The fourth-order valence-electron chi connectivity index (χ4n) is 5.31. The number of fused-ring (bicyclic) bond motifs is 2. The molecule has 0 unspecified atom stereocenters. The van der Waals surface area contributed by atoms with E-state index in [1.807, 2.05) is 71.4 Å². The number of halogens is 1. The topological polar surface area (TPSA) is 38.3 Å². The minimum atomic E-state index is -0.802. The minimum absolute atomic E-state index is 0.00904. The summed E-state index contributed by atoms with van der Waals surface area (Å²) in [4.78, 5) is 13.6. The van der Waals surface area contributed by atoms with Gasteiger partial charge in [-0.2, -0.15) is 0 Å². The maximum Gasteiger partial charge on any atom is 0.244 e. The second-order valence-corrected chi connectivity index (χ2v) is 9.53. The zero-order chi connectivity index (χ0) is 24.3. The van der Waals surface area contributed by atoms with E-state index in [1.54, 1.807) is 0 Å². The van der Waals surface area contributed by atoms with Crippen molar-refractivity contribution in [1.29, 1.82) is 0 Å². The predicted molar refractivity (Wildman–Crippen MR) is 150 cm³/mol. The van der Waals surface area contributed by atoms with Crippen molar-refractivity contribution in [2.45, 2.75) is 38.0 Å². The molecule has 1 heterocycles. The molecule has 3 nitrogen and oxygen atoms in total. The van der Waals surface area contributed by atoms with E-state index in [9.17, 15) is 4.79 Å². The second-order valence-electron chi connectivity index (χ2n) is 8.99. The Hall–Kier alpha value is -3.12. The molecule has 0 atom stereocenters. The lowest BCUT2D eigenvalue weighted by atomic mass is 9.68. The normalized spacial score (nSPS) is 13.3. The van der Waals surface area contributed by atoms with Gasteiger partial charge in [-0.1, -0.05) is 91.9 Å². The molecule has 0 aromatic heterocycles. The number of hydrogen-bond donors (Lipinski definition) is 1. The Labute approximate surface area is 221 Å². The molecule has 176 valence electrons. The van der Waals surface area contributed by atoms with Gasteiger partial charge in [0.05, 0.1) is 22.9 Å². The number of carbonyl (C=O) groups excluding carboxylic acids is 1. The first-order chi connectivity index (χ1) is 17.2. The summed E-state index contributed by atoms with van der Waals surface area (Å²) in [7, 11) is 0. The summed E-state index contributed by atoms with van der Waals surface area (Å²) in [5, 5.41) is 0. The number of benzene rings is 4. The maximum absolute atomic E-state index is 13.6. The van der Waals surface area contributed by atoms with Crippen LogP contribution in [0.3, 0.4) is 0 Å². The van der Waals surface area contributed by atoms with E-state index in [1.165, 1.54) is 22.3 Å². The van der Waals surface area contributed by atoms with Crippen LogP contribution in [0.25, 0.3) is 11.1 Å². The highest BCUT2D eigenvalue weighted by Crippen LogP contribution is 2.51. The molecule has 1 amide bonds. The Bertz CT molecular complexity index is 1320. The van der Waals surface area contributed by atoms with E-state index >= 15 is 0 Å². The van der Waals surface area contributed by atoms with Crippen molar-refractivity contribution in [3.05, 3.63) is 119 Å². The van der Waals surface area contributed by atoms with Crippen LogP contribution in [0.4, 0.5) is 0 Å². The molecule has 1 aliphatic heterocycles. The molecule has 4 aromatic rings. The lowest BCUT2D eigenvalue weighted by Gasteiger charge is -2.38. The summed E-state index contributed by atoms with van der Waals surface area (Å²) < 4.78 is 9.14. The van der Waals surface area contributed by atoms with E-state index in [-0.39, 0.29) is 5.91 Å². The maximum atomic E-state index is 13.6. The lowest BCUT2D eigenvalue weighted by Crippen LogP contribution is -2.44. The Morgan fingerprint density at radius 3 is 2.20 bits per heavy atom. The molecule has 4 aromatic carbocycles. The lowest BCUT2D eigenvalue weighted by molar-refractivity contribution is -0.123. The molecule has 1 N–H and O–H groups in total. The molecule has 4 heteroatoms. The van der Waals surface area contributed by atoms with E-state index in [4.69, 9.17) is 4.74 Å². The molecule has 0 fully saturated rings. The van der Waals surface area contributed by atoms with Crippen LogP contribution < -0.4 is 8.27 Å². The van der Waals surface area contributed by atoms with Crippen LogP contribution in [0.15, 0.2) is 97.1 Å². The highest BCUT2D eigenvalue weighted by Gasteiger charge is 2.47. The van der Waals surface area contributed by atoms with Crippen molar-refractivity contribution in [3.8, 4) is 22.6 Å². The van der Waals surface area contributed by atoms with E-state index in [2.05, 4.69) is 59.0 Å². The Balaban J connectivity index is 1.51. The SMILES string of the molecule is CCc1cccc(-c2ccccc2CCCC2(C(=O)NI)c3ccccc3Oc3ccccc32)c1. The third kappa shape index (κ3) is 4.36. The number of hydrogen-bond acceptors (Lipinski definition) is 2. The first-order valence-corrected chi connectivity index (χ1v) is 13.2. The number of ether oxygens (including phenoxy) is 1. The van der Waals surface area contributed by atoms with E-state index in [0.29, 0.717) is 6.42 Å². The molecular weight excluding hydrogens is 545 g/mol. The molecule has 0 spiro atoms. The fourth-order valence-corrected chi connectivity index (χ4v) is 5.77. The van der Waals surface area contributed by atoms with E-state index in [0.717, 1.165) is 41.9 Å². The molecule has 0 saturated carbocycles. The second kappa shape index (κ2) is 10.2. The Kier molecular flexibility index (Phi) is 6.91. The van der Waals surface area contributed by atoms with Crippen LogP contribution in [0.5, 0.6) is 11.5 Å². The number of para-hydroxylation sites is 2. The summed E-state index contributed by atoms with van der Waals surface area (Å²) in [5.41, 5.74) is 6.21. The highest BCUT2D eigenvalue weighted by atomic mass is 127. The summed E-state index contributed by atoms with van der Waals surface area (Å²) in [6.07, 6.45) is 3.44. The van der Waals surface area contributed by atoms with E-state index < -0.39 is 5.41 Å². The third-order valence-electron chi connectivity index (χ3n) is 7.05. The van der Waals surface area contributed by atoms with Gasteiger partial charge in [0.25, 0.3) is 0 Å². The fraction of sp³-hybridized carbons (Fsp3) is 0.194. The first kappa shape index (κ1) is 23.6. The van der Waals surface area contributed by atoms with Gasteiger partial charge in [-0.3, -0.25) is 8.32 Å². The highest BCUT2D eigenvalue weighted by molar-refractivity contribution is 14.1. The number of amides is 1. The number of carbonyl (C=O) groups is 1. The van der Waals surface area contributed by atoms with Gasteiger partial charge in [0, 0.05) is 11.1 Å². The summed E-state index contributed by atoms with van der Waals surface area (Å²) in [6, 6.07) is 33.3. The molecule has 0 saturated heterocycles. The Morgan fingerprint density at radius 2 is 1.51 bits per heavy atom. The molecule has 0 radical (unpaired) electrons. The van der Waals surface area contributed by atoms with Gasteiger partial charge in [0.2, 0.25) is 5.91 Å². The van der Waals surface area contributed by atoms with Crippen LogP contribution in [0, 0.1) is 0 Å². The van der Waals surface area contributed by atoms with Crippen molar-refractivity contribution in [2.24, 2.45) is 0 Å². The molecule has 35 heavy (non-hydrogen) atoms. The first-order valence-electron chi connectivity index (χ1n) is 12.1. The summed E-state index contributed by atoms with van der Waals surface area (Å²) in [5.74, 6) is 1.50. The third-order valence-corrected chi connectivity index (χ3v) is 7.54.